The molecule has 0 saturated heterocycles. The molecule has 0 bridgehead atoms. The average molecular weight is 318 g/mol. The molecule has 0 unspecified atom stereocenters. The fourth-order valence-corrected chi connectivity index (χ4v) is 2.50. The predicted molar refractivity (Wildman–Crippen MR) is 93.9 cm³/mol. The zero-order chi connectivity index (χ0) is 17.2. The summed E-state index contributed by atoms with van der Waals surface area (Å²) in [5, 5.41) is 3.01. The molecule has 23 heavy (non-hydrogen) atoms. The van der Waals surface area contributed by atoms with E-state index in [9.17, 15) is 9.59 Å². The van der Waals surface area contributed by atoms with Crippen molar-refractivity contribution in [3.63, 3.8) is 0 Å². The highest BCUT2D eigenvalue weighted by molar-refractivity contribution is 5.87. The zero-order valence-electron chi connectivity index (χ0n) is 14.8. The van der Waals surface area contributed by atoms with E-state index in [0.717, 1.165) is 18.4 Å². The summed E-state index contributed by atoms with van der Waals surface area (Å²) in [7, 11) is 0. The van der Waals surface area contributed by atoms with Crippen LogP contribution in [-0.2, 0) is 16.1 Å². The normalized spacial score (nSPS) is 13.2. The fraction of sp³-hybridized carbons (Fsp3) is 0.579. The van der Waals surface area contributed by atoms with Gasteiger partial charge < -0.3 is 10.2 Å². The molecule has 2 atom stereocenters. The van der Waals surface area contributed by atoms with Gasteiger partial charge in [0, 0.05) is 19.0 Å². The molecule has 0 radical (unpaired) electrons. The van der Waals surface area contributed by atoms with E-state index < -0.39 is 6.04 Å². The molecule has 0 aliphatic rings. The summed E-state index contributed by atoms with van der Waals surface area (Å²) >= 11 is 0. The van der Waals surface area contributed by atoms with Gasteiger partial charge in [0.2, 0.25) is 11.8 Å². The predicted octanol–water partition coefficient (Wildman–Crippen LogP) is 3.51. The van der Waals surface area contributed by atoms with Crippen molar-refractivity contribution >= 4 is 11.8 Å². The van der Waals surface area contributed by atoms with Gasteiger partial charge in [0.05, 0.1) is 0 Å². The first-order chi connectivity index (χ1) is 11.0. The lowest BCUT2D eigenvalue weighted by atomic mass is 10.1. The highest BCUT2D eigenvalue weighted by Crippen LogP contribution is 2.14. The van der Waals surface area contributed by atoms with Gasteiger partial charge in [-0.25, -0.2) is 0 Å². The smallest absolute Gasteiger partial charge is 0.243 e. The van der Waals surface area contributed by atoms with Crippen LogP contribution >= 0.6 is 0 Å². The molecule has 4 heteroatoms. The van der Waals surface area contributed by atoms with Crippen LogP contribution in [0.1, 0.15) is 58.9 Å². The molecule has 128 valence electrons. The zero-order valence-corrected chi connectivity index (χ0v) is 14.8. The minimum atomic E-state index is -0.414. The quantitative estimate of drug-likeness (QED) is 0.757. The first-order valence-corrected chi connectivity index (χ1v) is 8.67. The second kappa shape index (κ2) is 10.0. The van der Waals surface area contributed by atoms with Crippen molar-refractivity contribution in [2.24, 2.45) is 0 Å². The first-order valence-electron chi connectivity index (χ1n) is 8.67. The maximum absolute atomic E-state index is 12.6. The second-order valence-electron chi connectivity index (χ2n) is 6.00. The van der Waals surface area contributed by atoms with Gasteiger partial charge in [-0.2, -0.15) is 0 Å². The Morgan fingerprint density at radius 2 is 1.74 bits per heavy atom. The first kappa shape index (κ1) is 19.2. The lowest BCUT2D eigenvalue weighted by Crippen LogP contribution is -2.50. The number of hydrogen-bond acceptors (Lipinski definition) is 2. The van der Waals surface area contributed by atoms with Crippen molar-refractivity contribution in [2.75, 3.05) is 0 Å². The fourth-order valence-electron chi connectivity index (χ4n) is 2.50. The third-order valence-electron chi connectivity index (χ3n) is 4.05. The number of carbonyl (C=O) groups is 2. The van der Waals surface area contributed by atoms with E-state index in [1.807, 2.05) is 58.0 Å². The molecule has 0 fully saturated rings. The lowest BCUT2D eigenvalue weighted by molar-refractivity contribution is -0.141. The molecular formula is C19H30N2O2. The van der Waals surface area contributed by atoms with Crippen molar-refractivity contribution < 1.29 is 9.59 Å². The van der Waals surface area contributed by atoms with E-state index in [1.54, 1.807) is 4.90 Å². The number of carbonyl (C=O) groups excluding carboxylic acids is 2. The third-order valence-corrected chi connectivity index (χ3v) is 4.05. The number of amides is 2. The molecule has 0 aromatic heterocycles. The van der Waals surface area contributed by atoms with Crippen molar-refractivity contribution in [3.05, 3.63) is 35.9 Å². The summed E-state index contributed by atoms with van der Waals surface area (Å²) in [5.41, 5.74) is 1.05. The van der Waals surface area contributed by atoms with Gasteiger partial charge in [-0.1, -0.05) is 51.1 Å². The molecular weight excluding hydrogens is 288 g/mol. The van der Waals surface area contributed by atoms with E-state index in [0.29, 0.717) is 19.4 Å². The van der Waals surface area contributed by atoms with Gasteiger partial charge in [0.1, 0.15) is 6.04 Å². The SMILES string of the molecule is CCCC(=O)N(Cc1ccccc1)[C@@H](CC)C(=O)N[C@H](C)CC. The Balaban J connectivity index is 2.95. The van der Waals surface area contributed by atoms with Crippen LogP contribution in [0.3, 0.4) is 0 Å². The van der Waals surface area contributed by atoms with Crippen LogP contribution in [0.15, 0.2) is 30.3 Å². The Hall–Kier alpha value is -1.84. The molecule has 0 heterocycles. The Kier molecular flexibility index (Phi) is 8.38. The van der Waals surface area contributed by atoms with E-state index >= 15 is 0 Å². The monoisotopic (exact) mass is 318 g/mol. The molecule has 1 aromatic carbocycles. The lowest BCUT2D eigenvalue weighted by Gasteiger charge is -2.31. The summed E-state index contributed by atoms with van der Waals surface area (Å²) in [6, 6.07) is 9.56. The molecule has 1 aromatic rings. The number of rotatable bonds is 9. The largest absolute Gasteiger partial charge is 0.352 e. The Bertz CT molecular complexity index is 487. The third kappa shape index (κ3) is 6.05. The Labute approximate surface area is 140 Å². The summed E-state index contributed by atoms with van der Waals surface area (Å²) in [6.07, 6.45) is 2.75. The molecule has 0 aliphatic carbocycles. The molecule has 0 spiro atoms. The highest BCUT2D eigenvalue weighted by atomic mass is 16.2. The maximum atomic E-state index is 12.6. The number of nitrogens with zero attached hydrogens (tertiary/aromatic N) is 1. The van der Waals surface area contributed by atoms with Crippen molar-refractivity contribution in [2.45, 2.75) is 72.0 Å². The molecule has 0 saturated carbocycles. The highest BCUT2D eigenvalue weighted by Gasteiger charge is 2.28. The van der Waals surface area contributed by atoms with Gasteiger partial charge in [-0.05, 0) is 31.7 Å². The van der Waals surface area contributed by atoms with E-state index in [-0.39, 0.29) is 17.9 Å². The number of nitrogens with one attached hydrogen (secondary N) is 1. The van der Waals surface area contributed by atoms with Crippen LogP contribution in [-0.4, -0.2) is 28.8 Å². The van der Waals surface area contributed by atoms with Gasteiger partial charge in [0.15, 0.2) is 0 Å². The van der Waals surface area contributed by atoms with Crippen molar-refractivity contribution in [1.82, 2.24) is 10.2 Å². The number of benzene rings is 1. The minimum Gasteiger partial charge on any atom is -0.352 e. The maximum Gasteiger partial charge on any atom is 0.243 e. The van der Waals surface area contributed by atoms with Gasteiger partial charge >= 0.3 is 0 Å². The van der Waals surface area contributed by atoms with E-state index in [2.05, 4.69) is 5.32 Å². The summed E-state index contributed by atoms with van der Waals surface area (Å²) in [5.74, 6) is -0.00950. The molecule has 0 aliphatic heterocycles. The van der Waals surface area contributed by atoms with Crippen LogP contribution < -0.4 is 5.32 Å². The standard InChI is InChI=1S/C19H30N2O2/c1-5-11-18(22)21(14-16-12-9-8-10-13-16)17(7-3)19(23)20-15(4)6-2/h8-10,12-13,15,17H,5-7,11,14H2,1-4H3,(H,20,23)/t15-,17+/m1/s1. The summed E-state index contributed by atoms with van der Waals surface area (Å²) in [4.78, 5) is 26.9. The van der Waals surface area contributed by atoms with Crippen LogP contribution in [0.5, 0.6) is 0 Å². The Morgan fingerprint density at radius 1 is 1.09 bits per heavy atom. The average Bonchev–Trinajstić information content (AvgIpc) is 2.55. The number of hydrogen-bond donors (Lipinski definition) is 1. The summed E-state index contributed by atoms with van der Waals surface area (Å²) in [6.45, 7) is 8.44. The molecule has 2 amide bonds. The molecule has 4 nitrogen and oxygen atoms in total. The summed E-state index contributed by atoms with van der Waals surface area (Å²) < 4.78 is 0. The molecule has 1 N–H and O–H groups in total. The minimum absolute atomic E-state index is 0.0440. The van der Waals surface area contributed by atoms with Gasteiger partial charge in [-0.15, -0.1) is 0 Å². The van der Waals surface area contributed by atoms with Crippen molar-refractivity contribution in [3.8, 4) is 0 Å². The topological polar surface area (TPSA) is 49.4 Å². The van der Waals surface area contributed by atoms with E-state index in [4.69, 9.17) is 0 Å². The van der Waals surface area contributed by atoms with Crippen LogP contribution in [0.25, 0.3) is 0 Å². The van der Waals surface area contributed by atoms with Crippen molar-refractivity contribution in [1.29, 1.82) is 0 Å². The van der Waals surface area contributed by atoms with Crippen LogP contribution in [0.2, 0.25) is 0 Å². The van der Waals surface area contributed by atoms with Gasteiger partial charge in [0.25, 0.3) is 0 Å². The Morgan fingerprint density at radius 3 is 2.26 bits per heavy atom. The molecule has 1 rings (SSSR count). The van der Waals surface area contributed by atoms with E-state index in [1.165, 1.54) is 0 Å². The second-order valence-corrected chi connectivity index (χ2v) is 6.00. The van der Waals surface area contributed by atoms with Crippen LogP contribution in [0, 0.1) is 0 Å². The van der Waals surface area contributed by atoms with Gasteiger partial charge in [-0.3, -0.25) is 9.59 Å². The van der Waals surface area contributed by atoms with Crippen LogP contribution in [0.4, 0.5) is 0 Å².